The minimum absolute atomic E-state index is 0. The van der Waals surface area contributed by atoms with E-state index in [1.54, 1.807) is 0 Å². The fourth-order valence-electron chi connectivity index (χ4n) is 3.90. The van der Waals surface area contributed by atoms with Crippen molar-refractivity contribution in [3.05, 3.63) is 0 Å². The van der Waals surface area contributed by atoms with E-state index in [2.05, 4.69) is 39.8 Å². The highest BCUT2D eigenvalue weighted by Gasteiger charge is 2.55. The summed E-state index contributed by atoms with van der Waals surface area (Å²) < 4.78 is 0. The van der Waals surface area contributed by atoms with Crippen LogP contribution < -0.4 is 0 Å². The van der Waals surface area contributed by atoms with E-state index in [4.69, 9.17) is 4.84 Å². The van der Waals surface area contributed by atoms with E-state index >= 15 is 0 Å². The van der Waals surface area contributed by atoms with Crippen LogP contribution in [0.4, 0.5) is 0 Å². The van der Waals surface area contributed by atoms with E-state index in [1.807, 2.05) is 0 Å². The van der Waals surface area contributed by atoms with Crippen LogP contribution in [0.2, 0.25) is 0 Å². The summed E-state index contributed by atoms with van der Waals surface area (Å²) in [5, 5.41) is 2.10. The van der Waals surface area contributed by atoms with E-state index in [1.165, 1.54) is 19.3 Å². The molecular weight excluding hydrogens is 210 g/mol. The van der Waals surface area contributed by atoms with E-state index < -0.39 is 0 Å². The number of nitrogens with zero attached hydrogens (tertiary/aromatic N) is 1. The lowest BCUT2D eigenvalue weighted by atomic mass is 9.61. The molecule has 1 heterocycles. The summed E-state index contributed by atoms with van der Waals surface area (Å²) in [6, 6.07) is 0.633. The zero-order valence-corrected chi connectivity index (χ0v) is 11.4. The third-order valence-corrected chi connectivity index (χ3v) is 4.14. The SMILES string of the molecule is CN1OC(C)(C)C2C1CCCC2(C)C.Cl. The normalized spacial score (nSPS) is 38.2. The van der Waals surface area contributed by atoms with Crippen molar-refractivity contribution < 1.29 is 4.84 Å². The Hall–Kier alpha value is 0.210. The number of hydroxylamine groups is 2. The summed E-state index contributed by atoms with van der Waals surface area (Å²) >= 11 is 0. The van der Waals surface area contributed by atoms with E-state index in [-0.39, 0.29) is 18.0 Å². The molecule has 90 valence electrons. The Kier molecular flexibility index (Phi) is 3.45. The summed E-state index contributed by atoms with van der Waals surface area (Å²) in [4.78, 5) is 5.96. The molecule has 2 fully saturated rings. The molecule has 3 heteroatoms. The fourth-order valence-corrected chi connectivity index (χ4v) is 3.90. The first-order valence-corrected chi connectivity index (χ1v) is 5.76. The van der Waals surface area contributed by atoms with Gasteiger partial charge in [0.15, 0.2) is 0 Å². The molecular formula is C12H24ClNO. The molecule has 0 radical (unpaired) electrons. The van der Waals surface area contributed by atoms with E-state index in [9.17, 15) is 0 Å². The average molecular weight is 234 g/mol. The Balaban J connectivity index is 0.00000112. The van der Waals surface area contributed by atoms with Crippen LogP contribution >= 0.6 is 12.4 Å². The van der Waals surface area contributed by atoms with Crippen LogP contribution in [0.1, 0.15) is 47.0 Å². The zero-order chi connectivity index (χ0) is 10.6. The second-order valence-electron chi connectivity index (χ2n) is 6.17. The van der Waals surface area contributed by atoms with Gasteiger partial charge < -0.3 is 0 Å². The van der Waals surface area contributed by atoms with Crippen molar-refractivity contribution >= 4 is 12.4 Å². The van der Waals surface area contributed by atoms with Crippen LogP contribution in [0.15, 0.2) is 0 Å². The molecule has 0 spiro atoms. The van der Waals surface area contributed by atoms with E-state index in [0.717, 1.165) is 0 Å². The third kappa shape index (κ3) is 2.04. The molecule has 0 aromatic rings. The molecule has 2 aliphatic rings. The predicted molar refractivity (Wildman–Crippen MR) is 65.1 cm³/mol. The standard InChI is InChI=1S/C12H23NO.ClH/c1-11(2)8-6-7-9-10(11)12(3,4)14-13(9)5;/h9-10H,6-8H2,1-5H3;1H. The molecule has 15 heavy (non-hydrogen) atoms. The number of rotatable bonds is 0. The first-order valence-electron chi connectivity index (χ1n) is 5.76. The minimum Gasteiger partial charge on any atom is -0.293 e. The van der Waals surface area contributed by atoms with Gasteiger partial charge in [-0.1, -0.05) is 20.3 Å². The van der Waals surface area contributed by atoms with Gasteiger partial charge >= 0.3 is 0 Å². The Morgan fingerprint density at radius 3 is 2.33 bits per heavy atom. The molecule has 2 atom stereocenters. The maximum absolute atomic E-state index is 5.96. The second kappa shape index (κ2) is 3.90. The topological polar surface area (TPSA) is 12.5 Å². The maximum atomic E-state index is 5.96. The Morgan fingerprint density at radius 1 is 1.20 bits per heavy atom. The van der Waals surface area contributed by atoms with Crippen molar-refractivity contribution in [1.82, 2.24) is 5.06 Å². The number of hydrogen-bond acceptors (Lipinski definition) is 2. The van der Waals surface area contributed by atoms with Gasteiger partial charge in [0, 0.05) is 19.0 Å². The Morgan fingerprint density at radius 2 is 1.80 bits per heavy atom. The lowest BCUT2D eigenvalue weighted by molar-refractivity contribution is -0.180. The van der Waals surface area contributed by atoms with Crippen LogP contribution in [0.5, 0.6) is 0 Å². The van der Waals surface area contributed by atoms with E-state index in [0.29, 0.717) is 17.4 Å². The molecule has 0 aromatic carbocycles. The summed E-state index contributed by atoms with van der Waals surface area (Å²) in [6.45, 7) is 9.27. The van der Waals surface area contributed by atoms with Gasteiger partial charge in [0.2, 0.25) is 0 Å². The lowest BCUT2D eigenvalue weighted by Crippen LogP contribution is -2.46. The molecule has 0 amide bonds. The van der Waals surface area contributed by atoms with Crippen molar-refractivity contribution in [2.24, 2.45) is 11.3 Å². The second-order valence-corrected chi connectivity index (χ2v) is 6.17. The molecule has 0 N–H and O–H groups in total. The van der Waals surface area contributed by atoms with Crippen molar-refractivity contribution in [2.45, 2.75) is 58.6 Å². The molecule has 0 aromatic heterocycles. The number of halogens is 1. The fraction of sp³-hybridized carbons (Fsp3) is 1.00. The van der Waals surface area contributed by atoms with Crippen molar-refractivity contribution in [3.63, 3.8) is 0 Å². The highest BCUT2D eigenvalue weighted by molar-refractivity contribution is 5.85. The van der Waals surface area contributed by atoms with Crippen molar-refractivity contribution in [1.29, 1.82) is 0 Å². The number of hydrogen-bond donors (Lipinski definition) is 0. The van der Waals surface area contributed by atoms with Crippen LogP contribution in [0.25, 0.3) is 0 Å². The monoisotopic (exact) mass is 233 g/mol. The van der Waals surface area contributed by atoms with Gasteiger partial charge in [0.05, 0.1) is 5.60 Å². The van der Waals surface area contributed by atoms with Gasteiger partial charge in [-0.3, -0.25) is 4.84 Å². The molecule has 1 aliphatic carbocycles. The molecule has 1 saturated heterocycles. The highest BCUT2D eigenvalue weighted by atomic mass is 35.5. The van der Waals surface area contributed by atoms with Crippen LogP contribution in [0.3, 0.4) is 0 Å². The first-order chi connectivity index (χ1) is 6.34. The largest absolute Gasteiger partial charge is 0.293 e. The van der Waals surface area contributed by atoms with Crippen LogP contribution in [-0.2, 0) is 4.84 Å². The first kappa shape index (κ1) is 13.3. The van der Waals surface area contributed by atoms with Crippen molar-refractivity contribution in [2.75, 3.05) is 7.05 Å². The highest BCUT2D eigenvalue weighted by Crippen LogP contribution is 2.52. The molecule has 2 unspecified atom stereocenters. The van der Waals surface area contributed by atoms with Crippen LogP contribution in [-0.4, -0.2) is 23.8 Å². The molecule has 1 aliphatic heterocycles. The van der Waals surface area contributed by atoms with Crippen LogP contribution in [0, 0.1) is 11.3 Å². The van der Waals surface area contributed by atoms with Gasteiger partial charge in [-0.2, -0.15) is 5.06 Å². The summed E-state index contributed by atoms with van der Waals surface area (Å²) in [7, 11) is 2.09. The molecule has 1 saturated carbocycles. The van der Waals surface area contributed by atoms with Gasteiger partial charge in [-0.25, -0.2) is 0 Å². The lowest BCUT2D eigenvalue weighted by Gasteiger charge is -2.44. The summed E-state index contributed by atoms with van der Waals surface area (Å²) in [5.74, 6) is 0.675. The predicted octanol–water partition coefficient (Wildman–Crippen LogP) is 3.26. The van der Waals surface area contributed by atoms with Gasteiger partial charge in [0.25, 0.3) is 0 Å². The van der Waals surface area contributed by atoms with Gasteiger partial charge in [-0.05, 0) is 32.1 Å². The Labute approximate surface area is 99.7 Å². The van der Waals surface area contributed by atoms with Gasteiger partial charge in [0.1, 0.15) is 0 Å². The van der Waals surface area contributed by atoms with Gasteiger partial charge in [-0.15, -0.1) is 12.4 Å². The van der Waals surface area contributed by atoms with Crippen molar-refractivity contribution in [3.8, 4) is 0 Å². The average Bonchev–Trinajstić information content (AvgIpc) is 2.22. The minimum atomic E-state index is 0. The summed E-state index contributed by atoms with van der Waals surface area (Å²) in [5.41, 5.74) is 0.445. The number of fused-ring (bicyclic) bond motifs is 1. The molecule has 2 nitrogen and oxygen atoms in total. The molecule has 0 bridgehead atoms. The maximum Gasteiger partial charge on any atom is 0.0892 e. The zero-order valence-electron chi connectivity index (χ0n) is 10.5. The summed E-state index contributed by atoms with van der Waals surface area (Å²) in [6.07, 6.45) is 3.99. The quantitative estimate of drug-likeness (QED) is 0.637. The Bertz CT molecular complexity index is 232. The smallest absolute Gasteiger partial charge is 0.0892 e. The third-order valence-electron chi connectivity index (χ3n) is 4.14. The molecule has 2 rings (SSSR count).